The lowest BCUT2D eigenvalue weighted by Crippen LogP contribution is -2.47. The number of hydrogen-bond donors (Lipinski definition) is 2. The van der Waals surface area contributed by atoms with Crippen LogP contribution in [0.15, 0.2) is 12.7 Å². The molecule has 2 N–H and O–H groups in total. The van der Waals surface area contributed by atoms with Crippen LogP contribution in [-0.4, -0.2) is 29.8 Å². The average Bonchev–Trinajstić information content (AvgIpc) is 2.33. The van der Waals surface area contributed by atoms with E-state index < -0.39 is 18.1 Å². The number of ether oxygens (including phenoxy) is 1. The Bertz CT molecular complexity index is 316. The van der Waals surface area contributed by atoms with Crippen molar-refractivity contribution in [3.05, 3.63) is 12.7 Å². The molecule has 1 fully saturated rings. The van der Waals surface area contributed by atoms with Gasteiger partial charge in [0.2, 0.25) is 0 Å². The third kappa shape index (κ3) is 4.39. The fourth-order valence-corrected chi connectivity index (χ4v) is 2.47. The van der Waals surface area contributed by atoms with Crippen LogP contribution in [0.25, 0.3) is 0 Å². The topological polar surface area (TPSA) is 75.6 Å². The van der Waals surface area contributed by atoms with Gasteiger partial charge in [-0.25, -0.2) is 9.59 Å². The molecule has 0 heterocycles. The minimum atomic E-state index is -0.996. The maximum absolute atomic E-state index is 11.4. The van der Waals surface area contributed by atoms with Crippen LogP contribution in [0.5, 0.6) is 0 Å². The van der Waals surface area contributed by atoms with Crippen LogP contribution in [-0.2, 0) is 9.53 Å². The largest absolute Gasteiger partial charge is 0.480 e. The molecule has 0 aromatic carbocycles. The first-order valence-electron chi connectivity index (χ1n) is 6.31. The summed E-state index contributed by atoms with van der Waals surface area (Å²) in [5, 5.41) is 11.6. The van der Waals surface area contributed by atoms with Gasteiger partial charge in [-0.05, 0) is 24.7 Å². The standard InChI is InChI=1S/C13H21NO4/c1-3-7-18-13(17)14-11(12(15)16)10-6-4-5-9(2)8-10/h3,9-11H,1,4-8H2,2H3,(H,14,17)(H,15,16). The Kier molecular flexibility index (Phi) is 5.68. The lowest BCUT2D eigenvalue weighted by molar-refractivity contribution is -0.141. The van der Waals surface area contributed by atoms with E-state index >= 15 is 0 Å². The van der Waals surface area contributed by atoms with Crippen LogP contribution < -0.4 is 5.32 Å². The molecule has 1 aliphatic rings. The van der Waals surface area contributed by atoms with Gasteiger partial charge in [0.05, 0.1) is 0 Å². The third-order valence-corrected chi connectivity index (χ3v) is 3.32. The second-order valence-electron chi connectivity index (χ2n) is 4.88. The lowest BCUT2D eigenvalue weighted by atomic mass is 9.78. The molecule has 0 bridgehead atoms. The number of alkyl carbamates (subject to hydrolysis) is 1. The fraction of sp³-hybridized carbons (Fsp3) is 0.692. The zero-order valence-corrected chi connectivity index (χ0v) is 10.7. The molecule has 102 valence electrons. The molecule has 1 rings (SSSR count). The van der Waals surface area contributed by atoms with E-state index in [1.165, 1.54) is 6.08 Å². The molecule has 0 radical (unpaired) electrons. The van der Waals surface area contributed by atoms with Crippen molar-refractivity contribution in [2.45, 2.75) is 38.6 Å². The lowest BCUT2D eigenvalue weighted by Gasteiger charge is -2.31. The van der Waals surface area contributed by atoms with Crippen molar-refractivity contribution in [1.29, 1.82) is 0 Å². The first-order valence-corrected chi connectivity index (χ1v) is 6.31. The molecule has 1 saturated carbocycles. The highest BCUT2D eigenvalue weighted by atomic mass is 16.5. The van der Waals surface area contributed by atoms with E-state index in [0.717, 1.165) is 25.7 Å². The highest BCUT2D eigenvalue weighted by molar-refractivity contribution is 5.80. The molecular weight excluding hydrogens is 234 g/mol. The molecule has 3 atom stereocenters. The molecule has 0 aliphatic heterocycles. The molecule has 0 saturated heterocycles. The van der Waals surface area contributed by atoms with Crippen LogP contribution in [0.1, 0.15) is 32.6 Å². The quantitative estimate of drug-likeness (QED) is 0.738. The van der Waals surface area contributed by atoms with Gasteiger partial charge in [0.15, 0.2) is 0 Å². The van der Waals surface area contributed by atoms with Crippen molar-refractivity contribution in [2.24, 2.45) is 11.8 Å². The number of carboxylic acid groups (broad SMARTS) is 1. The molecule has 0 spiro atoms. The van der Waals surface area contributed by atoms with Crippen LogP contribution in [0.2, 0.25) is 0 Å². The predicted octanol–water partition coefficient (Wildman–Crippen LogP) is 2.18. The molecule has 0 aromatic rings. The number of amides is 1. The third-order valence-electron chi connectivity index (χ3n) is 3.32. The van der Waals surface area contributed by atoms with Gasteiger partial charge in [-0.2, -0.15) is 0 Å². The van der Waals surface area contributed by atoms with Gasteiger partial charge in [-0.3, -0.25) is 0 Å². The normalized spacial score (nSPS) is 24.9. The Hall–Kier alpha value is -1.52. The van der Waals surface area contributed by atoms with E-state index in [9.17, 15) is 14.7 Å². The summed E-state index contributed by atoms with van der Waals surface area (Å²) in [6.07, 6.45) is 4.56. The maximum atomic E-state index is 11.4. The predicted molar refractivity (Wildman–Crippen MR) is 67.2 cm³/mol. The number of hydrogen-bond acceptors (Lipinski definition) is 3. The second kappa shape index (κ2) is 7.03. The van der Waals surface area contributed by atoms with Gasteiger partial charge in [-0.1, -0.05) is 32.4 Å². The summed E-state index contributed by atoms with van der Waals surface area (Å²) in [6.45, 7) is 5.62. The summed E-state index contributed by atoms with van der Waals surface area (Å²) >= 11 is 0. The SMILES string of the molecule is C=CCOC(=O)NC(C(=O)O)C1CCCC(C)C1. The van der Waals surface area contributed by atoms with Crippen LogP contribution in [0.3, 0.4) is 0 Å². The number of carboxylic acids is 1. The Morgan fingerprint density at radius 1 is 1.56 bits per heavy atom. The highest BCUT2D eigenvalue weighted by Gasteiger charge is 2.33. The van der Waals surface area contributed by atoms with Crippen molar-refractivity contribution in [1.82, 2.24) is 5.32 Å². The van der Waals surface area contributed by atoms with E-state index in [0.29, 0.717) is 5.92 Å². The number of rotatable bonds is 5. The molecule has 3 unspecified atom stereocenters. The molecule has 5 nitrogen and oxygen atoms in total. The van der Waals surface area contributed by atoms with Gasteiger partial charge in [0.25, 0.3) is 0 Å². The smallest absolute Gasteiger partial charge is 0.408 e. The van der Waals surface area contributed by atoms with Crippen LogP contribution in [0.4, 0.5) is 4.79 Å². The van der Waals surface area contributed by atoms with Crippen molar-refractivity contribution in [3.63, 3.8) is 0 Å². The van der Waals surface area contributed by atoms with E-state index in [1.54, 1.807) is 0 Å². The highest BCUT2D eigenvalue weighted by Crippen LogP contribution is 2.30. The molecule has 1 amide bonds. The number of carbonyl (C=O) groups is 2. The molecule has 1 aliphatic carbocycles. The Morgan fingerprint density at radius 3 is 2.83 bits per heavy atom. The van der Waals surface area contributed by atoms with Crippen molar-refractivity contribution in [2.75, 3.05) is 6.61 Å². The average molecular weight is 255 g/mol. The van der Waals surface area contributed by atoms with Gasteiger partial charge in [0, 0.05) is 0 Å². The summed E-state index contributed by atoms with van der Waals surface area (Å²) in [5.74, 6) is -0.497. The van der Waals surface area contributed by atoms with Crippen LogP contribution in [0, 0.1) is 11.8 Å². The maximum Gasteiger partial charge on any atom is 0.408 e. The van der Waals surface area contributed by atoms with E-state index in [1.807, 2.05) is 0 Å². The van der Waals surface area contributed by atoms with Gasteiger partial charge in [-0.15, -0.1) is 0 Å². The molecular formula is C13H21NO4. The fourth-order valence-electron chi connectivity index (χ4n) is 2.47. The first kappa shape index (κ1) is 14.5. The summed E-state index contributed by atoms with van der Waals surface area (Å²) in [5.41, 5.74) is 0. The Labute approximate surface area is 107 Å². The summed E-state index contributed by atoms with van der Waals surface area (Å²) < 4.78 is 4.76. The second-order valence-corrected chi connectivity index (χ2v) is 4.88. The first-order chi connectivity index (χ1) is 8.54. The van der Waals surface area contributed by atoms with E-state index in [2.05, 4.69) is 18.8 Å². The summed E-state index contributed by atoms with van der Waals surface area (Å²) in [4.78, 5) is 22.6. The summed E-state index contributed by atoms with van der Waals surface area (Å²) in [6, 6.07) is -0.856. The number of nitrogens with one attached hydrogen (secondary N) is 1. The van der Waals surface area contributed by atoms with Crippen LogP contribution >= 0.6 is 0 Å². The van der Waals surface area contributed by atoms with Gasteiger partial charge < -0.3 is 15.2 Å². The molecule has 5 heteroatoms. The Balaban J connectivity index is 2.56. The minimum absolute atomic E-state index is 0.0115. The van der Waals surface area contributed by atoms with E-state index in [-0.39, 0.29) is 12.5 Å². The number of carbonyl (C=O) groups excluding carboxylic acids is 1. The van der Waals surface area contributed by atoms with Crippen molar-refractivity contribution >= 4 is 12.1 Å². The van der Waals surface area contributed by atoms with E-state index in [4.69, 9.17) is 4.74 Å². The molecule has 18 heavy (non-hydrogen) atoms. The number of aliphatic carboxylic acids is 1. The monoisotopic (exact) mass is 255 g/mol. The van der Waals surface area contributed by atoms with Gasteiger partial charge >= 0.3 is 12.1 Å². The van der Waals surface area contributed by atoms with Gasteiger partial charge in [0.1, 0.15) is 12.6 Å². The molecule has 0 aromatic heterocycles. The minimum Gasteiger partial charge on any atom is -0.480 e. The van der Waals surface area contributed by atoms with Crippen molar-refractivity contribution in [3.8, 4) is 0 Å². The zero-order chi connectivity index (χ0) is 13.5. The van der Waals surface area contributed by atoms with Crippen molar-refractivity contribution < 1.29 is 19.4 Å². The Morgan fingerprint density at radius 2 is 2.28 bits per heavy atom. The zero-order valence-electron chi connectivity index (χ0n) is 10.7. The summed E-state index contributed by atoms with van der Waals surface area (Å²) in [7, 11) is 0.